The number of ether oxygens (including phenoxy) is 2. The fourth-order valence-electron chi connectivity index (χ4n) is 6.44. The Hall–Kier alpha value is -4.09. The number of anilines is 2. The van der Waals surface area contributed by atoms with Crippen molar-refractivity contribution in [2.45, 2.75) is 65.0 Å². The summed E-state index contributed by atoms with van der Waals surface area (Å²) in [5, 5.41) is 6.71. The molecule has 1 aromatic heterocycles. The van der Waals surface area contributed by atoms with Crippen LogP contribution in [-0.2, 0) is 28.6 Å². The summed E-state index contributed by atoms with van der Waals surface area (Å²) in [6, 6.07) is 11.7. The largest absolute Gasteiger partial charge is 0.492 e. The molecule has 3 amide bonds. The normalized spacial score (nSPS) is 17.7. The van der Waals surface area contributed by atoms with E-state index in [4.69, 9.17) is 9.47 Å². The number of piperazine rings is 1. The lowest BCUT2D eigenvalue weighted by atomic mass is 9.86. The first-order chi connectivity index (χ1) is 21.9. The van der Waals surface area contributed by atoms with Crippen LogP contribution in [0.1, 0.15) is 58.1 Å². The molecule has 0 radical (unpaired) electrons. The molecule has 0 aliphatic carbocycles. The second kappa shape index (κ2) is 13.7. The zero-order chi connectivity index (χ0) is 33.2. The van der Waals surface area contributed by atoms with Crippen molar-refractivity contribution in [2.75, 3.05) is 57.5 Å². The zero-order valence-corrected chi connectivity index (χ0v) is 28.2. The smallest absolute Gasteiger partial charge is 0.418 e. The molecule has 11 heteroatoms. The summed E-state index contributed by atoms with van der Waals surface area (Å²) in [6.07, 6.45) is 1.67. The standard InChI is InChI=1S/C35H48N6O5/c1-8-29(42)36-26-20-25(35(2,3)4)21-27(32(26)45-7)37-34(44)46-30-19-23-11-9-12-24(31(23)39(30)6)22-40-15-17-41(18-16-40)33(43)28-13-10-14-38(28)5/h9,11-12,19-21,28H,8,10,13-18,22H2,1-7H3,(H,36,42)(H,37,44)/t28-/m0/s1. The first kappa shape index (κ1) is 33.3. The minimum absolute atomic E-state index is 0.0202. The Morgan fingerprint density at radius 1 is 0.957 bits per heavy atom. The Kier molecular flexibility index (Phi) is 9.93. The molecule has 2 aromatic carbocycles. The van der Waals surface area contributed by atoms with Crippen molar-refractivity contribution in [2.24, 2.45) is 7.05 Å². The van der Waals surface area contributed by atoms with Gasteiger partial charge in [-0.2, -0.15) is 0 Å². The topological polar surface area (TPSA) is 108 Å². The second-order valence-electron chi connectivity index (χ2n) is 13.4. The van der Waals surface area contributed by atoms with E-state index >= 15 is 0 Å². The van der Waals surface area contributed by atoms with Crippen LogP contribution in [0, 0.1) is 0 Å². The van der Waals surface area contributed by atoms with Gasteiger partial charge in [0.2, 0.25) is 17.7 Å². The van der Waals surface area contributed by atoms with Crippen molar-refractivity contribution in [3.05, 3.63) is 47.5 Å². The highest BCUT2D eigenvalue weighted by Gasteiger charge is 2.33. The summed E-state index contributed by atoms with van der Waals surface area (Å²) in [6.45, 7) is 12.8. The number of aromatic nitrogens is 1. The first-order valence-corrected chi connectivity index (χ1v) is 16.2. The fourth-order valence-corrected chi connectivity index (χ4v) is 6.44. The van der Waals surface area contributed by atoms with E-state index in [1.165, 1.54) is 7.11 Å². The van der Waals surface area contributed by atoms with Gasteiger partial charge in [-0.25, -0.2) is 4.79 Å². The number of rotatable bonds is 8. The van der Waals surface area contributed by atoms with Gasteiger partial charge in [0, 0.05) is 57.6 Å². The van der Waals surface area contributed by atoms with Crippen LogP contribution in [0.15, 0.2) is 36.4 Å². The van der Waals surface area contributed by atoms with E-state index in [0.717, 1.165) is 74.1 Å². The molecule has 3 heterocycles. The molecule has 11 nitrogen and oxygen atoms in total. The molecule has 2 saturated heterocycles. The van der Waals surface area contributed by atoms with E-state index < -0.39 is 6.09 Å². The number of nitrogens with zero attached hydrogens (tertiary/aromatic N) is 4. The number of amides is 3. The minimum Gasteiger partial charge on any atom is -0.492 e. The van der Waals surface area contributed by atoms with Gasteiger partial charge >= 0.3 is 6.09 Å². The number of methoxy groups -OCH3 is 1. The van der Waals surface area contributed by atoms with Gasteiger partial charge in [-0.05, 0) is 55.1 Å². The Balaban J connectivity index is 1.30. The Morgan fingerprint density at radius 2 is 1.65 bits per heavy atom. The van der Waals surface area contributed by atoms with Gasteiger partial charge in [0.15, 0.2) is 5.75 Å². The molecule has 2 N–H and O–H groups in total. The summed E-state index contributed by atoms with van der Waals surface area (Å²) in [5.74, 6) is 0.857. The number of carbonyl (C=O) groups excluding carboxylic acids is 3. The van der Waals surface area contributed by atoms with Gasteiger partial charge in [-0.3, -0.25) is 24.7 Å². The van der Waals surface area contributed by atoms with Crippen LogP contribution in [0.4, 0.5) is 16.2 Å². The molecule has 1 atom stereocenters. The summed E-state index contributed by atoms with van der Waals surface area (Å²) in [5.41, 5.74) is 3.68. The molecule has 2 aliphatic rings. The van der Waals surface area contributed by atoms with Crippen LogP contribution in [0.25, 0.3) is 10.9 Å². The van der Waals surface area contributed by atoms with E-state index in [2.05, 4.69) is 47.3 Å². The van der Waals surface area contributed by atoms with Gasteiger partial charge < -0.3 is 24.3 Å². The number of hydrogen-bond acceptors (Lipinski definition) is 7. The van der Waals surface area contributed by atoms with Gasteiger partial charge in [0.05, 0.1) is 30.0 Å². The second-order valence-corrected chi connectivity index (χ2v) is 13.4. The minimum atomic E-state index is -0.668. The average Bonchev–Trinajstić information content (AvgIpc) is 3.59. The van der Waals surface area contributed by atoms with Crippen molar-refractivity contribution >= 4 is 40.2 Å². The third kappa shape index (κ3) is 7.15. The van der Waals surface area contributed by atoms with E-state index in [9.17, 15) is 14.4 Å². The Morgan fingerprint density at radius 3 is 2.26 bits per heavy atom. The summed E-state index contributed by atoms with van der Waals surface area (Å²) in [4.78, 5) is 45.2. The number of hydrogen-bond donors (Lipinski definition) is 2. The molecule has 0 unspecified atom stereocenters. The van der Waals surface area contributed by atoms with E-state index in [0.29, 0.717) is 29.4 Å². The number of carbonyl (C=O) groups is 3. The third-order valence-corrected chi connectivity index (χ3v) is 9.17. The lowest BCUT2D eigenvalue weighted by Gasteiger charge is -2.37. The number of fused-ring (bicyclic) bond motifs is 1. The van der Waals surface area contributed by atoms with Crippen molar-refractivity contribution in [3.63, 3.8) is 0 Å². The van der Waals surface area contributed by atoms with Crippen molar-refractivity contribution in [1.29, 1.82) is 0 Å². The lowest BCUT2D eigenvalue weighted by Crippen LogP contribution is -2.52. The van der Waals surface area contributed by atoms with Crippen LogP contribution in [0.2, 0.25) is 0 Å². The summed E-state index contributed by atoms with van der Waals surface area (Å²) < 4.78 is 13.4. The highest BCUT2D eigenvalue weighted by atomic mass is 16.6. The molecule has 0 saturated carbocycles. The molecular weight excluding hydrogens is 584 g/mol. The highest BCUT2D eigenvalue weighted by molar-refractivity contribution is 5.97. The molecule has 3 aromatic rings. The van der Waals surface area contributed by atoms with Gasteiger partial charge in [0.25, 0.3) is 0 Å². The SMILES string of the molecule is CCC(=O)Nc1cc(C(C)(C)C)cc(NC(=O)Oc2cc3cccc(CN4CCN(C(=O)[C@@H]5CCCN5C)CC4)c3n2C)c1OC. The first-order valence-electron chi connectivity index (χ1n) is 16.2. The fraction of sp³-hybridized carbons (Fsp3) is 0.514. The highest BCUT2D eigenvalue weighted by Crippen LogP contribution is 2.39. The van der Waals surface area contributed by atoms with Crippen LogP contribution < -0.4 is 20.1 Å². The van der Waals surface area contributed by atoms with Crippen molar-refractivity contribution in [3.8, 4) is 11.6 Å². The maximum Gasteiger partial charge on any atom is 0.418 e. The molecule has 5 rings (SSSR count). The number of nitrogens with one attached hydrogen (secondary N) is 2. The van der Waals surface area contributed by atoms with E-state index in [1.807, 2.05) is 53.9 Å². The van der Waals surface area contributed by atoms with E-state index in [1.54, 1.807) is 6.92 Å². The van der Waals surface area contributed by atoms with Gasteiger partial charge in [-0.15, -0.1) is 0 Å². The van der Waals surface area contributed by atoms with Crippen LogP contribution in [0.5, 0.6) is 11.6 Å². The number of aryl methyl sites for hydroxylation is 1. The van der Waals surface area contributed by atoms with Gasteiger partial charge in [0.1, 0.15) is 0 Å². The maximum atomic E-state index is 13.3. The molecule has 248 valence electrons. The van der Waals surface area contributed by atoms with E-state index in [-0.39, 0.29) is 23.3 Å². The Labute approximate surface area is 271 Å². The van der Waals surface area contributed by atoms with Gasteiger partial charge in [-0.1, -0.05) is 45.9 Å². The summed E-state index contributed by atoms with van der Waals surface area (Å²) >= 11 is 0. The predicted octanol–water partition coefficient (Wildman–Crippen LogP) is 5.18. The number of likely N-dealkylation sites (tertiary alicyclic amines) is 1. The predicted molar refractivity (Wildman–Crippen MR) is 181 cm³/mol. The molecule has 0 bridgehead atoms. The average molecular weight is 633 g/mol. The lowest BCUT2D eigenvalue weighted by molar-refractivity contribution is -0.137. The number of likely N-dealkylation sites (N-methyl/N-ethyl adjacent to an activating group) is 1. The van der Waals surface area contributed by atoms with Crippen LogP contribution in [0.3, 0.4) is 0 Å². The quantitative estimate of drug-likeness (QED) is 0.352. The third-order valence-electron chi connectivity index (χ3n) is 9.17. The van der Waals surface area contributed by atoms with Crippen molar-refractivity contribution in [1.82, 2.24) is 19.3 Å². The zero-order valence-electron chi connectivity index (χ0n) is 28.2. The molecular formula is C35H48N6O5. The molecule has 2 aliphatic heterocycles. The number of para-hydroxylation sites is 1. The van der Waals surface area contributed by atoms with Crippen molar-refractivity contribution < 1.29 is 23.9 Å². The molecule has 46 heavy (non-hydrogen) atoms. The molecule has 2 fully saturated rings. The van der Waals surface area contributed by atoms with Crippen LogP contribution in [-0.4, -0.2) is 90.1 Å². The monoisotopic (exact) mass is 632 g/mol. The molecule has 0 spiro atoms. The van der Waals surface area contributed by atoms with Crippen LogP contribution >= 0.6 is 0 Å². The Bertz CT molecular complexity index is 1600. The number of benzene rings is 2. The maximum absolute atomic E-state index is 13.3. The summed E-state index contributed by atoms with van der Waals surface area (Å²) in [7, 11) is 5.43.